The summed E-state index contributed by atoms with van der Waals surface area (Å²) in [5.74, 6) is -4.98. The molecule has 2 aromatic carbocycles. The topological polar surface area (TPSA) is 182 Å². The zero-order valence-corrected chi connectivity index (χ0v) is 31.6. The number of carbonyl (C=O) groups is 6. The first-order valence-corrected chi connectivity index (χ1v) is 18.4. The molecule has 5 rings (SSSR count). The molecular weight excluding hydrogens is 730 g/mol. The normalized spacial score (nSPS) is 16.4. The maximum Gasteiger partial charge on any atom is 0.333 e. The second-order valence-electron chi connectivity index (χ2n) is 14.9. The summed E-state index contributed by atoms with van der Waals surface area (Å²) in [6, 6.07) is 12.7. The molecule has 2 aliphatic rings. The number of hydroxylamine groups is 2. The lowest BCUT2D eigenvalue weighted by molar-refractivity contribution is -0.197. The lowest BCUT2D eigenvalue weighted by atomic mass is 9.83. The molecule has 0 aliphatic carbocycles. The summed E-state index contributed by atoms with van der Waals surface area (Å²) in [7, 11) is 0. The molecule has 3 heterocycles. The highest BCUT2D eigenvalue weighted by molar-refractivity contribution is 6.08. The number of nitrogens with one attached hydrogen (secondary N) is 2. The number of aliphatic hydroxyl groups excluding tert-OH is 1. The van der Waals surface area contributed by atoms with Gasteiger partial charge in [-0.15, -0.1) is 5.06 Å². The lowest BCUT2D eigenvalue weighted by Crippen LogP contribution is -2.45. The molecule has 3 N–H and O–H groups in total. The fraction of sp³-hybridized carbons (Fsp3) is 0.425. The zero-order chi connectivity index (χ0) is 40.7. The van der Waals surface area contributed by atoms with Gasteiger partial charge in [-0.05, 0) is 48.1 Å². The Morgan fingerprint density at radius 3 is 2.36 bits per heavy atom. The molecular formula is C40H46F2N6O8. The molecule has 0 saturated carbocycles. The molecule has 2 aliphatic heterocycles. The molecule has 56 heavy (non-hydrogen) atoms. The molecule has 0 spiro atoms. The van der Waals surface area contributed by atoms with Gasteiger partial charge in [0.1, 0.15) is 30.1 Å². The number of hydrogen-bond donors (Lipinski definition) is 3. The van der Waals surface area contributed by atoms with Crippen LogP contribution in [0.5, 0.6) is 0 Å². The first kappa shape index (κ1) is 41.4. The Hall–Kier alpha value is -5.77. The van der Waals surface area contributed by atoms with Crippen molar-refractivity contribution < 1.29 is 47.5 Å². The summed E-state index contributed by atoms with van der Waals surface area (Å²) in [4.78, 5) is 82.4. The second kappa shape index (κ2) is 17.8. The van der Waals surface area contributed by atoms with Gasteiger partial charge in [0, 0.05) is 74.8 Å². The van der Waals surface area contributed by atoms with E-state index in [4.69, 9.17) is 10.2 Å². The predicted octanol–water partition coefficient (Wildman–Crippen LogP) is 4.25. The van der Waals surface area contributed by atoms with Crippen molar-refractivity contribution in [1.29, 1.82) is 5.41 Å². The third-order valence-corrected chi connectivity index (χ3v) is 9.62. The smallest absolute Gasteiger partial charge is 0.333 e. The number of hydrogen-bond acceptors (Lipinski definition) is 9. The van der Waals surface area contributed by atoms with Crippen LogP contribution in [0.3, 0.4) is 0 Å². The van der Waals surface area contributed by atoms with E-state index in [1.54, 1.807) is 12.3 Å². The minimum absolute atomic E-state index is 0.0278. The third-order valence-electron chi connectivity index (χ3n) is 9.62. The number of aliphatic hydroxyl groups is 1. The molecule has 1 aromatic heterocycles. The summed E-state index contributed by atoms with van der Waals surface area (Å²) in [6.45, 7) is 5.38. The van der Waals surface area contributed by atoms with Gasteiger partial charge in [-0.1, -0.05) is 51.1 Å². The van der Waals surface area contributed by atoms with Gasteiger partial charge in [-0.3, -0.25) is 34.3 Å². The number of amidine groups is 1. The Morgan fingerprint density at radius 2 is 1.70 bits per heavy atom. The number of rotatable bonds is 16. The molecule has 16 heteroatoms. The van der Waals surface area contributed by atoms with Crippen molar-refractivity contribution in [3.8, 4) is 11.1 Å². The minimum atomic E-state index is -1.01. The van der Waals surface area contributed by atoms with Crippen LogP contribution in [-0.2, 0) is 40.1 Å². The van der Waals surface area contributed by atoms with E-state index in [1.165, 1.54) is 9.80 Å². The molecule has 0 unspecified atom stereocenters. The van der Waals surface area contributed by atoms with E-state index >= 15 is 4.39 Å². The number of imide groups is 1. The number of halogens is 2. The predicted molar refractivity (Wildman–Crippen MR) is 198 cm³/mol. The quantitative estimate of drug-likeness (QED) is 0.181. The van der Waals surface area contributed by atoms with E-state index in [-0.39, 0.29) is 69.4 Å². The SMILES string of the molecule is CC(C)(C)[C@H](c1cc(-c2cc(F)ccc2F)cn1Cc1ccccc1)N(CCCN1C(=N)C[C@H](NC(=O)CCCC(=O)ON2C(=O)CCC2=O)C1=O)C(=O)CO. The zero-order valence-electron chi connectivity index (χ0n) is 31.6. The first-order valence-electron chi connectivity index (χ1n) is 18.4. The molecule has 0 bridgehead atoms. The Kier molecular flexibility index (Phi) is 13.2. The number of nitrogens with zero attached hydrogens (tertiary/aromatic N) is 4. The maximum atomic E-state index is 15.1. The van der Waals surface area contributed by atoms with Gasteiger partial charge in [-0.2, -0.15) is 0 Å². The molecule has 0 radical (unpaired) electrons. The Labute approximate surface area is 322 Å². The van der Waals surface area contributed by atoms with Gasteiger partial charge in [0.15, 0.2) is 0 Å². The standard InChI is InChI=1S/C40H46F2N6O8/c1-40(2,3)38(31-19-26(28-20-27(41)13-14-29(28)42)23-45(31)22-25-9-5-4-6-10-25)47(36(53)24-49)18-8-17-46-32(43)21-30(39(46)55)44-33(50)11-7-12-37(54)56-48-34(51)15-16-35(48)52/h4-6,9-10,13-14,19-20,23,30,38,43,49H,7-8,11-12,15-18,21-22,24H2,1-3H3,(H,44,50)/t30-,38-/m0/s1. The van der Waals surface area contributed by atoms with Crippen LogP contribution < -0.4 is 5.32 Å². The van der Waals surface area contributed by atoms with Crippen LogP contribution in [0.1, 0.15) is 83.0 Å². The largest absolute Gasteiger partial charge is 0.387 e. The van der Waals surface area contributed by atoms with Crippen LogP contribution in [0, 0.1) is 22.5 Å². The van der Waals surface area contributed by atoms with Gasteiger partial charge in [-0.25, -0.2) is 13.6 Å². The lowest BCUT2D eigenvalue weighted by Gasteiger charge is -2.41. The molecule has 2 saturated heterocycles. The van der Waals surface area contributed by atoms with Crippen molar-refractivity contribution in [2.24, 2.45) is 5.41 Å². The highest BCUT2D eigenvalue weighted by atomic mass is 19.1. The number of amides is 5. The van der Waals surface area contributed by atoms with E-state index in [2.05, 4.69) is 5.32 Å². The van der Waals surface area contributed by atoms with Crippen molar-refractivity contribution in [3.05, 3.63) is 83.7 Å². The van der Waals surface area contributed by atoms with Gasteiger partial charge < -0.3 is 24.7 Å². The monoisotopic (exact) mass is 776 g/mol. The summed E-state index contributed by atoms with van der Waals surface area (Å²) >= 11 is 0. The van der Waals surface area contributed by atoms with Crippen LogP contribution >= 0.6 is 0 Å². The first-order chi connectivity index (χ1) is 26.6. The summed E-state index contributed by atoms with van der Waals surface area (Å²) < 4.78 is 31.3. The Bertz CT molecular complexity index is 1980. The van der Waals surface area contributed by atoms with Crippen molar-refractivity contribution in [2.75, 3.05) is 19.7 Å². The number of likely N-dealkylation sites (tertiary alicyclic amines) is 1. The van der Waals surface area contributed by atoms with E-state index in [0.717, 1.165) is 23.8 Å². The summed E-state index contributed by atoms with van der Waals surface area (Å²) in [5, 5.41) is 21.6. The fourth-order valence-corrected chi connectivity index (χ4v) is 7.03. The van der Waals surface area contributed by atoms with Crippen LogP contribution in [0.2, 0.25) is 0 Å². The molecule has 298 valence electrons. The average molecular weight is 777 g/mol. The van der Waals surface area contributed by atoms with Crippen molar-refractivity contribution in [2.45, 2.75) is 84.3 Å². The van der Waals surface area contributed by atoms with Crippen LogP contribution in [0.25, 0.3) is 11.1 Å². The highest BCUT2D eigenvalue weighted by Crippen LogP contribution is 2.41. The minimum Gasteiger partial charge on any atom is -0.387 e. The van der Waals surface area contributed by atoms with E-state index in [0.29, 0.717) is 22.9 Å². The fourth-order valence-electron chi connectivity index (χ4n) is 7.03. The van der Waals surface area contributed by atoms with Crippen molar-refractivity contribution >= 4 is 41.3 Å². The van der Waals surface area contributed by atoms with Crippen molar-refractivity contribution in [3.63, 3.8) is 0 Å². The van der Waals surface area contributed by atoms with E-state index in [9.17, 15) is 38.3 Å². The number of carbonyl (C=O) groups excluding carboxylic acids is 6. The summed E-state index contributed by atoms with van der Waals surface area (Å²) in [5.41, 5.74) is 1.33. The Morgan fingerprint density at radius 1 is 1.00 bits per heavy atom. The van der Waals surface area contributed by atoms with Crippen LogP contribution in [0.4, 0.5) is 8.78 Å². The molecule has 2 fully saturated rings. The number of aromatic nitrogens is 1. The van der Waals surface area contributed by atoms with Gasteiger partial charge in [0.2, 0.25) is 11.8 Å². The molecule has 14 nitrogen and oxygen atoms in total. The molecule has 3 aromatic rings. The van der Waals surface area contributed by atoms with E-state index in [1.807, 2.05) is 55.7 Å². The van der Waals surface area contributed by atoms with E-state index < -0.39 is 71.2 Å². The van der Waals surface area contributed by atoms with Gasteiger partial charge in [0.05, 0.1) is 6.04 Å². The Balaban J connectivity index is 1.26. The van der Waals surface area contributed by atoms with Crippen LogP contribution in [0.15, 0.2) is 60.8 Å². The average Bonchev–Trinajstić information content (AvgIpc) is 3.78. The van der Waals surface area contributed by atoms with Gasteiger partial charge >= 0.3 is 5.97 Å². The van der Waals surface area contributed by atoms with Crippen LogP contribution in [-0.4, -0.2) is 91.6 Å². The highest BCUT2D eigenvalue weighted by Gasteiger charge is 2.39. The molecule has 2 atom stereocenters. The second-order valence-corrected chi connectivity index (χ2v) is 14.9. The van der Waals surface area contributed by atoms with Gasteiger partial charge in [0.25, 0.3) is 17.7 Å². The maximum absolute atomic E-state index is 15.1. The van der Waals surface area contributed by atoms with Crippen molar-refractivity contribution in [1.82, 2.24) is 24.7 Å². The summed E-state index contributed by atoms with van der Waals surface area (Å²) in [6.07, 6.45) is 1.39. The molecule has 5 amide bonds. The third kappa shape index (κ3) is 9.90. The number of benzene rings is 2.